The fourth-order valence-corrected chi connectivity index (χ4v) is 5.19. The number of nitrogens with zero attached hydrogens (tertiary/aromatic N) is 2. The number of ether oxygens (including phenoxy) is 2. The zero-order valence-electron chi connectivity index (χ0n) is 18.7. The monoisotopic (exact) mass is 426 g/mol. The van der Waals surface area contributed by atoms with Gasteiger partial charge in [0.2, 0.25) is 5.91 Å². The Morgan fingerprint density at radius 2 is 1.84 bits per heavy atom. The second kappa shape index (κ2) is 9.86. The van der Waals surface area contributed by atoms with Crippen molar-refractivity contribution in [2.75, 3.05) is 27.3 Å². The fraction of sp³-hybridized carbons (Fsp3) is 0.600. The van der Waals surface area contributed by atoms with Gasteiger partial charge in [0.1, 0.15) is 5.75 Å². The van der Waals surface area contributed by atoms with Gasteiger partial charge in [0.05, 0.1) is 13.2 Å². The van der Waals surface area contributed by atoms with E-state index in [9.17, 15) is 9.59 Å². The molecule has 0 aromatic heterocycles. The smallest absolute Gasteiger partial charge is 0.255 e. The number of likely N-dealkylation sites (tertiary alicyclic amines) is 1. The van der Waals surface area contributed by atoms with E-state index >= 15 is 0 Å². The summed E-state index contributed by atoms with van der Waals surface area (Å²) in [4.78, 5) is 29.3. The molecule has 2 amide bonds. The van der Waals surface area contributed by atoms with Gasteiger partial charge in [0.15, 0.2) is 6.10 Å². The highest BCUT2D eigenvalue weighted by atomic mass is 16.5. The zero-order chi connectivity index (χ0) is 21.8. The van der Waals surface area contributed by atoms with E-state index in [4.69, 9.17) is 9.47 Å². The van der Waals surface area contributed by atoms with Gasteiger partial charge in [-0.15, -0.1) is 0 Å². The Morgan fingerprint density at radius 3 is 2.45 bits per heavy atom. The highest BCUT2D eigenvalue weighted by molar-refractivity contribution is 5.89. The topological polar surface area (TPSA) is 59.1 Å². The first-order valence-electron chi connectivity index (χ1n) is 11.5. The maximum absolute atomic E-state index is 12.8. The molecule has 31 heavy (non-hydrogen) atoms. The molecule has 1 aromatic rings. The zero-order valence-corrected chi connectivity index (χ0v) is 18.7. The van der Waals surface area contributed by atoms with Crippen LogP contribution in [-0.2, 0) is 20.9 Å². The average Bonchev–Trinajstić information content (AvgIpc) is 2.82. The van der Waals surface area contributed by atoms with Gasteiger partial charge in [-0.05, 0) is 48.4 Å². The molecule has 2 fully saturated rings. The Kier molecular flexibility index (Phi) is 6.96. The Balaban J connectivity index is 1.38. The van der Waals surface area contributed by atoms with Gasteiger partial charge in [-0.25, -0.2) is 0 Å². The van der Waals surface area contributed by atoms with Crippen molar-refractivity contribution in [2.45, 2.75) is 63.6 Å². The molecule has 3 aliphatic rings. The summed E-state index contributed by atoms with van der Waals surface area (Å²) < 4.78 is 10.7. The molecule has 0 spiro atoms. The molecule has 1 saturated carbocycles. The summed E-state index contributed by atoms with van der Waals surface area (Å²) in [6.45, 7) is 1.92. The van der Waals surface area contributed by atoms with Crippen LogP contribution in [0.3, 0.4) is 0 Å². The predicted molar refractivity (Wildman–Crippen MR) is 119 cm³/mol. The van der Waals surface area contributed by atoms with E-state index in [1.54, 1.807) is 14.2 Å². The van der Waals surface area contributed by atoms with Crippen LogP contribution in [0.1, 0.15) is 50.5 Å². The first kappa shape index (κ1) is 21.9. The number of carbonyl (C=O) groups excluding carboxylic acids is 2. The molecule has 1 aliphatic carbocycles. The Morgan fingerprint density at radius 1 is 1.10 bits per heavy atom. The summed E-state index contributed by atoms with van der Waals surface area (Å²) in [5, 5.41) is 0. The molecular weight excluding hydrogens is 392 g/mol. The summed E-state index contributed by atoms with van der Waals surface area (Å²) in [6.07, 6.45) is 9.44. The van der Waals surface area contributed by atoms with E-state index in [0.717, 1.165) is 24.3 Å². The molecule has 1 aromatic carbocycles. The molecule has 1 saturated heterocycles. The molecule has 0 N–H and O–H groups in total. The Hall–Kier alpha value is -2.34. The highest BCUT2D eigenvalue weighted by Crippen LogP contribution is 2.34. The minimum atomic E-state index is -0.422. The Bertz CT molecular complexity index is 813. The van der Waals surface area contributed by atoms with Crippen LogP contribution in [0.4, 0.5) is 0 Å². The second-order valence-corrected chi connectivity index (χ2v) is 8.99. The van der Waals surface area contributed by atoms with Crippen molar-refractivity contribution in [1.82, 2.24) is 9.80 Å². The quantitative estimate of drug-likeness (QED) is 0.494. The number of carbonyl (C=O) groups is 2. The lowest BCUT2D eigenvalue weighted by molar-refractivity contribution is -0.168. The average molecular weight is 427 g/mol. The molecule has 6 nitrogen and oxygen atoms in total. The van der Waals surface area contributed by atoms with Gasteiger partial charge in [-0.1, -0.05) is 37.5 Å². The van der Waals surface area contributed by atoms with Crippen molar-refractivity contribution < 1.29 is 19.1 Å². The fourth-order valence-electron chi connectivity index (χ4n) is 5.19. The van der Waals surface area contributed by atoms with Crippen LogP contribution in [0.15, 0.2) is 35.9 Å². The lowest BCUT2D eigenvalue weighted by atomic mass is 9.85. The van der Waals surface area contributed by atoms with Crippen LogP contribution in [0, 0.1) is 5.92 Å². The largest absolute Gasteiger partial charge is 0.497 e. The van der Waals surface area contributed by atoms with Crippen LogP contribution in [-0.4, -0.2) is 61.1 Å². The SMILES string of the molecule is COc1ccc(CN2C(=O)[C@H](OC)[C@@H]2C2=CCN(C(=O)CC3CCCCC3)CC2)cc1. The van der Waals surface area contributed by atoms with E-state index in [1.165, 1.54) is 37.7 Å². The van der Waals surface area contributed by atoms with Crippen molar-refractivity contribution in [3.8, 4) is 5.75 Å². The molecule has 2 heterocycles. The maximum atomic E-state index is 12.8. The third-order valence-electron chi connectivity index (χ3n) is 7.08. The number of β-lactam (4-membered cyclic amide) rings is 1. The molecule has 168 valence electrons. The molecule has 0 bridgehead atoms. The molecule has 6 heteroatoms. The van der Waals surface area contributed by atoms with Crippen LogP contribution in [0.5, 0.6) is 5.75 Å². The first-order chi connectivity index (χ1) is 15.1. The summed E-state index contributed by atoms with van der Waals surface area (Å²) >= 11 is 0. The van der Waals surface area contributed by atoms with Gasteiger partial charge in [-0.2, -0.15) is 0 Å². The minimum absolute atomic E-state index is 0.0278. The molecular formula is C25H34N2O4. The van der Waals surface area contributed by atoms with Crippen molar-refractivity contribution in [3.63, 3.8) is 0 Å². The second-order valence-electron chi connectivity index (χ2n) is 8.99. The summed E-state index contributed by atoms with van der Waals surface area (Å²) in [6, 6.07) is 7.76. The summed E-state index contributed by atoms with van der Waals surface area (Å²) in [5.74, 6) is 1.68. The summed E-state index contributed by atoms with van der Waals surface area (Å²) in [7, 11) is 3.25. The van der Waals surface area contributed by atoms with E-state index in [1.807, 2.05) is 34.1 Å². The standard InChI is InChI=1S/C25H34N2O4/c1-30-21-10-8-19(9-11-21)17-27-23(24(31-2)25(27)29)20-12-14-26(15-13-20)22(28)16-18-6-4-3-5-7-18/h8-12,18,23-24H,3-7,13-17H2,1-2H3/t23-,24+/m0/s1. The number of rotatable bonds is 7. The van der Waals surface area contributed by atoms with E-state index in [0.29, 0.717) is 25.4 Å². The van der Waals surface area contributed by atoms with Crippen molar-refractivity contribution in [2.24, 2.45) is 5.92 Å². The lowest BCUT2D eigenvalue weighted by Gasteiger charge is -2.48. The normalized spacial score (nSPS) is 24.6. The van der Waals surface area contributed by atoms with E-state index in [2.05, 4.69) is 6.08 Å². The number of benzene rings is 1. The van der Waals surface area contributed by atoms with Crippen LogP contribution in [0.25, 0.3) is 0 Å². The van der Waals surface area contributed by atoms with Crippen molar-refractivity contribution in [1.29, 1.82) is 0 Å². The predicted octanol–water partition coefficient (Wildman–Crippen LogP) is 3.55. The number of methoxy groups -OCH3 is 2. The van der Waals surface area contributed by atoms with E-state index < -0.39 is 6.10 Å². The van der Waals surface area contributed by atoms with Crippen LogP contribution >= 0.6 is 0 Å². The lowest BCUT2D eigenvalue weighted by Crippen LogP contribution is -2.66. The molecule has 2 atom stereocenters. The minimum Gasteiger partial charge on any atom is -0.497 e. The number of hydrogen-bond donors (Lipinski definition) is 0. The molecule has 0 unspecified atom stereocenters. The van der Waals surface area contributed by atoms with Gasteiger partial charge < -0.3 is 19.3 Å². The van der Waals surface area contributed by atoms with Gasteiger partial charge >= 0.3 is 0 Å². The molecule has 2 aliphatic heterocycles. The van der Waals surface area contributed by atoms with Crippen molar-refractivity contribution in [3.05, 3.63) is 41.5 Å². The van der Waals surface area contributed by atoms with Gasteiger partial charge in [0.25, 0.3) is 5.91 Å². The molecule has 4 rings (SSSR count). The van der Waals surface area contributed by atoms with Crippen molar-refractivity contribution >= 4 is 11.8 Å². The van der Waals surface area contributed by atoms with E-state index in [-0.39, 0.29) is 17.9 Å². The van der Waals surface area contributed by atoms with Crippen LogP contribution in [0.2, 0.25) is 0 Å². The molecule has 0 radical (unpaired) electrons. The highest BCUT2D eigenvalue weighted by Gasteiger charge is 2.49. The van der Waals surface area contributed by atoms with Gasteiger partial charge in [0, 0.05) is 33.2 Å². The van der Waals surface area contributed by atoms with Crippen LogP contribution < -0.4 is 4.74 Å². The Labute approximate surface area is 185 Å². The van der Waals surface area contributed by atoms with Gasteiger partial charge in [-0.3, -0.25) is 9.59 Å². The first-order valence-corrected chi connectivity index (χ1v) is 11.5. The third kappa shape index (κ3) is 4.79. The maximum Gasteiger partial charge on any atom is 0.255 e. The third-order valence-corrected chi connectivity index (χ3v) is 7.08. The number of amides is 2. The summed E-state index contributed by atoms with van der Waals surface area (Å²) in [5.41, 5.74) is 2.27. The number of hydrogen-bond acceptors (Lipinski definition) is 4.